The summed E-state index contributed by atoms with van der Waals surface area (Å²) in [6.45, 7) is 20.4. The van der Waals surface area contributed by atoms with Gasteiger partial charge in [0.1, 0.15) is 36.6 Å². The molecule has 0 aliphatic carbocycles. The summed E-state index contributed by atoms with van der Waals surface area (Å²) in [4.78, 5) is 0. The maximum Gasteiger partial charge on any atom is 0.226 e. The third-order valence-electron chi connectivity index (χ3n) is 8.70. The van der Waals surface area contributed by atoms with Crippen LogP contribution in [0.5, 0.6) is 0 Å². The van der Waals surface area contributed by atoms with Gasteiger partial charge in [0, 0.05) is 14.2 Å². The first-order valence-electron chi connectivity index (χ1n) is 15.8. The third-order valence-corrected chi connectivity index (χ3v) is 13.7. The molecule has 1 aromatic rings. The standard InChI is InChI=1S/C22H38O5Si.C11H22O5/c1-9-17(23)19(24-7)20-18(26-22(5,6)27-20)15-25-28(8,21(2,3)4)16-13-11-10-12-14-16;1-5-7(13)9(14-4)10-8(6-12)15-11(2,3)16-10/h10-14,17-20,23H,9,15H2,1-8H3;7-10,12-13H,5-6H2,1-4H3/t17-,18-,19-,20-,28?;7-,8-,9-,10-/m00/s1. The van der Waals surface area contributed by atoms with Crippen molar-refractivity contribution in [2.45, 2.75) is 147 Å². The Morgan fingerprint density at radius 1 is 0.795 bits per heavy atom. The molecule has 256 valence electrons. The Morgan fingerprint density at radius 3 is 1.61 bits per heavy atom. The van der Waals surface area contributed by atoms with Crippen LogP contribution in [0.2, 0.25) is 11.6 Å². The van der Waals surface area contributed by atoms with E-state index in [1.54, 1.807) is 21.0 Å². The number of hydrogen-bond donors (Lipinski definition) is 3. The van der Waals surface area contributed by atoms with E-state index in [2.05, 4.69) is 51.6 Å². The average Bonchev–Trinajstić information content (AvgIpc) is 3.45. The van der Waals surface area contributed by atoms with Crippen molar-refractivity contribution in [2.75, 3.05) is 27.4 Å². The van der Waals surface area contributed by atoms with Crippen LogP contribution >= 0.6 is 0 Å². The summed E-state index contributed by atoms with van der Waals surface area (Å²) in [5.41, 5.74) is 0. The van der Waals surface area contributed by atoms with Gasteiger partial charge in [-0.1, -0.05) is 65.0 Å². The van der Waals surface area contributed by atoms with Crippen LogP contribution in [0.4, 0.5) is 0 Å². The molecule has 0 spiro atoms. The van der Waals surface area contributed by atoms with Crippen molar-refractivity contribution in [3.63, 3.8) is 0 Å². The zero-order valence-electron chi connectivity index (χ0n) is 29.0. The van der Waals surface area contributed by atoms with Crippen molar-refractivity contribution >= 4 is 13.5 Å². The van der Waals surface area contributed by atoms with Gasteiger partial charge < -0.3 is 48.2 Å². The lowest BCUT2D eigenvalue weighted by molar-refractivity contribution is -0.167. The first kappa shape index (κ1) is 39.2. The summed E-state index contributed by atoms with van der Waals surface area (Å²) in [6.07, 6.45) is -2.62. The van der Waals surface area contributed by atoms with Crippen LogP contribution in [0, 0.1) is 0 Å². The molecule has 0 saturated carbocycles. The Labute approximate surface area is 266 Å². The summed E-state index contributed by atoms with van der Waals surface area (Å²) in [6, 6.07) is 10.5. The Hall–Kier alpha value is -0.963. The van der Waals surface area contributed by atoms with Crippen LogP contribution in [-0.4, -0.2) is 111 Å². The molecule has 0 bridgehead atoms. The molecule has 11 heteroatoms. The molecule has 2 fully saturated rings. The van der Waals surface area contributed by atoms with Gasteiger partial charge in [0.05, 0.1) is 25.4 Å². The lowest BCUT2D eigenvalue weighted by atomic mass is 10.0. The second kappa shape index (κ2) is 16.2. The van der Waals surface area contributed by atoms with Gasteiger partial charge in [-0.05, 0) is 57.3 Å². The SMILES string of the molecule is CC[C@H](O)[C@H](OC)[C@H]1OC(C)(C)O[C@H]1CO.CC[C@H](O)[C@H](OC)[C@H]1OC(C)(C)O[C@H]1CO[Si](C)(c1ccccc1)C(C)(C)C. The van der Waals surface area contributed by atoms with Gasteiger partial charge in [-0.15, -0.1) is 0 Å². The van der Waals surface area contributed by atoms with Gasteiger partial charge in [0.2, 0.25) is 8.32 Å². The molecule has 9 atom stereocenters. The smallest absolute Gasteiger partial charge is 0.226 e. The van der Waals surface area contributed by atoms with Crippen LogP contribution in [0.1, 0.15) is 75.2 Å². The van der Waals surface area contributed by atoms with Gasteiger partial charge in [0.25, 0.3) is 0 Å². The van der Waals surface area contributed by atoms with Crippen molar-refractivity contribution in [1.29, 1.82) is 0 Å². The molecular weight excluding hydrogens is 584 g/mol. The van der Waals surface area contributed by atoms with Crippen molar-refractivity contribution in [1.82, 2.24) is 0 Å². The molecule has 2 aliphatic heterocycles. The zero-order chi connectivity index (χ0) is 33.5. The predicted molar refractivity (Wildman–Crippen MR) is 172 cm³/mol. The number of benzene rings is 1. The second-order valence-electron chi connectivity index (χ2n) is 13.8. The van der Waals surface area contributed by atoms with Crippen molar-refractivity contribution < 1.29 is 48.2 Å². The number of methoxy groups -OCH3 is 2. The third kappa shape index (κ3) is 9.77. The number of aliphatic hydroxyl groups is 3. The van der Waals surface area contributed by atoms with Gasteiger partial charge in [-0.2, -0.15) is 0 Å². The highest BCUT2D eigenvalue weighted by Gasteiger charge is 2.50. The normalized spacial score (nSPS) is 28.8. The van der Waals surface area contributed by atoms with Crippen LogP contribution in [0.15, 0.2) is 30.3 Å². The van der Waals surface area contributed by atoms with Crippen LogP contribution in [-0.2, 0) is 32.8 Å². The van der Waals surface area contributed by atoms with Gasteiger partial charge >= 0.3 is 0 Å². The fraction of sp³-hybridized carbons (Fsp3) is 0.818. The van der Waals surface area contributed by atoms with Gasteiger partial charge in [-0.25, -0.2) is 0 Å². The molecule has 3 rings (SSSR count). The minimum Gasteiger partial charge on any atom is -0.409 e. The first-order chi connectivity index (χ1) is 20.4. The summed E-state index contributed by atoms with van der Waals surface area (Å²) < 4.78 is 41.0. The van der Waals surface area contributed by atoms with E-state index in [9.17, 15) is 15.3 Å². The molecule has 1 aromatic carbocycles. The molecule has 3 N–H and O–H groups in total. The topological polar surface area (TPSA) is 125 Å². The molecule has 2 heterocycles. The number of aliphatic hydroxyl groups excluding tert-OH is 3. The first-order valence-corrected chi connectivity index (χ1v) is 18.2. The van der Waals surface area contributed by atoms with E-state index in [-0.39, 0.29) is 23.9 Å². The summed E-state index contributed by atoms with van der Waals surface area (Å²) >= 11 is 0. The number of rotatable bonds is 13. The molecule has 1 unspecified atom stereocenters. The maximum atomic E-state index is 10.4. The van der Waals surface area contributed by atoms with Crippen molar-refractivity contribution in [3.05, 3.63) is 30.3 Å². The second-order valence-corrected chi connectivity index (χ2v) is 18.2. The Morgan fingerprint density at radius 2 is 1.23 bits per heavy atom. The molecule has 2 aliphatic rings. The van der Waals surface area contributed by atoms with Crippen LogP contribution in [0.25, 0.3) is 0 Å². The molecule has 0 amide bonds. The predicted octanol–water partition coefficient (Wildman–Crippen LogP) is 3.88. The van der Waals surface area contributed by atoms with E-state index in [4.69, 9.17) is 32.8 Å². The maximum absolute atomic E-state index is 10.4. The Balaban J connectivity index is 0.000000358. The zero-order valence-corrected chi connectivity index (χ0v) is 30.0. The Kier molecular flexibility index (Phi) is 14.5. The molecule has 10 nitrogen and oxygen atoms in total. The van der Waals surface area contributed by atoms with E-state index in [1.807, 2.05) is 33.8 Å². The van der Waals surface area contributed by atoms with E-state index in [0.29, 0.717) is 19.4 Å². The fourth-order valence-corrected chi connectivity index (χ4v) is 8.57. The van der Waals surface area contributed by atoms with E-state index < -0.39 is 56.5 Å². The lowest BCUT2D eigenvalue weighted by Crippen LogP contribution is -2.57. The van der Waals surface area contributed by atoms with Gasteiger partial charge in [-0.3, -0.25) is 0 Å². The summed E-state index contributed by atoms with van der Waals surface area (Å²) in [7, 11) is 0.836. The van der Waals surface area contributed by atoms with Crippen molar-refractivity contribution in [3.8, 4) is 0 Å². The number of hydrogen-bond acceptors (Lipinski definition) is 10. The quantitative estimate of drug-likeness (QED) is 0.273. The number of ether oxygens (including phenoxy) is 6. The largest absolute Gasteiger partial charge is 0.409 e. The monoisotopic (exact) mass is 644 g/mol. The van der Waals surface area contributed by atoms with E-state index in [0.717, 1.165) is 0 Å². The van der Waals surface area contributed by atoms with Gasteiger partial charge in [0.15, 0.2) is 11.6 Å². The summed E-state index contributed by atoms with van der Waals surface area (Å²) in [5, 5.41) is 30.7. The lowest BCUT2D eigenvalue weighted by Gasteiger charge is -2.40. The highest BCUT2D eigenvalue weighted by Crippen LogP contribution is 2.39. The van der Waals surface area contributed by atoms with E-state index in [1.165, 1.54) is 12.3 Å². The minimum atomic E-state index is -2.29. The Bertz CT molecular complexity index is 971. The summed E-state index contributed by atoms with van der Waals surface area (Å²) in [5.74, 6) is -1.49. The molecule has 0 radical (unpaired) electrons. The van der Waals surface area contributed by atoms with E-state index >= 15 is 0 Å². The average molecular weight is 645 g/mol. The van der Waals surface area contributed by atoms with Crippen LogP contribution < -0.4 is 5.19 Å². The highest BCUT2D eigenvalue weighted by molar-refractivity contribution is 6.87. The molecule has 2 saturated heterocycles. The van der Waals surface area contributed by atoms with Crippen LogP contribution in [0.3, 0.4) is 0 Å². The molecule has 44 heavy (non-hydrogen) atoms. The molecular formula is C33H60O10Si. The highest BCUT2D eigenvalue weighted by atomic mass is 28.4. The minimum absolute atomic E-state index is 0.00240. The van der Waals surface area contributed by atoms with Crippen molar-refractivity contribution in [2.24, 2.45) is 0 Å². The fourth-order valence-electron chi connectivity index (χ4n) is 5.78. The molecule has 0 aromatic heterocycles.